The molecule has 0 bridgehead atoms. The summed E-state index contributed by atoms with van der Waals surface area (Å²) in [6.07, 6.45) is 2.75. The number of H-pyrrole nitrogens is 1. The second kappa shape index (κ2) is 5.88. The molecule has 0 atom stereocenters. The van der Waals surface area contributed by atoms with Gasteiger partial charge in [-0.25, -0.2) is 4.98 Å². The number of carbonyl (C=O) groups excluding carboxylic acids is 1. The molecule has 2 N–H and O–H groups in total. The Labute approximate surface area is 124 Å². The maximum absolute atomic E-state index is 14.2. The molecule has 0 aliphatic rings. The second-order valence-corrected chi connectivity index (χ2v) is 4.87. The van der Waals surface area contributed by atoms with E-state index in [1.54, 1.807) is 18.3 Å². The third-order valence-electron chi connectivity index (χ3n) is 3.19. The van der Waals surface area contributed by atoms with Crippen molar-refractivity contribution < 1.29 is 9.18 Å². The van der Waals surface area contributed by atoms with Gasteiger partial charge in [0.05, 0.1) is 0 Å². The summed E-state index contributed by atoms with van der Waals surface area (Å²) in [6, 6.07) is 3.47. The molecule has 1 amide bonds. The van der Waals surface area contributed by atoms with Gasteiger partial charge in [-0.1, -0.05) is 5.21 Å². The standard InChI is InChI=1S/C13H14FN7O/c1-8-4-6-21-10(7-8)16-11(12(21)14)13(22)15-5-2-3-9-17-19-20-18-9/h4,6-7H,2-3,5H2,1H3,(H,15,22)(H,17,18,19,20). The van der Waals surface area contributed by atoms with Gasteiger partial charge >= 0.3 is 0 Å². The fourth-order valence-electron chi connectivity index (χ4n) is 2.08. The number of nitrogens with one attached hydrogen (secondary N) is 2. The Morgan fingerprint density at radius 3 is 3.14 bits per heavy atom. The molecule has 0 saturated heterocycles. The highest BCUT2D eigenvalue weighted by molar-refractivity contribution is 5.93. The van der Waals surface area contributed by atoms with Crippen LogP contribution in [-0.4, -0.2) is 42.5 Å². The van der Waals surface area contributed by atoms with Crippen LogP contribution in [0.3, 0.4) is 0 Å². The van der Waals surface area contributed by atoms with Gasteiger partial charge in [0.2, 0.25) is 5.95 Å². The Balaban J connectivity index is 1.63. The van der Waals surface area contributed by atoms with Crippen molar-refractivity contribution in [2.45, 2.75) is 19.8 Å². The molecule has 114 valence electrons. The van der Waals surface area contributed by atoms with E-state index in [1.807, 2.05) is 6.92 Å². The quantitative estimate of drug-likeness (QED) is 0.674. The SMILES string of the molecule is Cc1ccn2c(F)c(C(=O)NCCCc3nn[nH]n3)nc2c1. The lowest BCUT2D eigenvalue weighted by Gasteiger charge is -2.01. The number of aromatic nitrogens is 6. The van der Waals surface area contributed by atoms with Gasteiger partial charge in [-0.15, -0.1) is 10.2 Å². The Morgan fingerprint density at radius 1 is 1.50 bits per heavy atom. The fraction of sp³-hybridized carbons (Fsp3) is 0.308. The lowest BCUT2D eigenvalue weighted by molar-refractivity contribution is 0.0944. The smallest absolute Gasteiger partial charge is 0.274 e. The van der Waals surface area contributed by atoms with Crippen molar-refractivity contribution in [1.29, 1.82) is 0 Å². The number of imidazole rings is 1. The highest BCUT2D eigenvalue weighted by Gasteiger charge is 2.18. The molecule has 9 heteroatoms. The molecule has 3 aromatic rings. The molecule has 0 aliphatic carbocycles. The second-order valence-electron chi connectivity index (χ2n) is 4.87. The molecular weight excluding hydrogens is 289 g/mol. The maximum Gasteiger partial charge on any atom is 0.274 e. The van der Waals surface area contributed by atoms with E-state index in [-0.39, 0.29) is 5.69 Å². The van der Waals surface area contributed by atoms with Crippen molar-refractivity contribution in [1.82, 2.24) is 35.3 Å². The Hall–Kier alpha value is -2.84. The molecule has 0 spiro atoms. The van der Waals surface area contributed by atoms with Crippen LogP contribution in [0.2, 0.25) is 0 Å². The van der Waals surface area contributed by atoms with Gasteiger partial charge in [0, 0.05) is 19.2 Å². The van der Waals surface area contributed by atoms with Gasteiger partial charge in [-0.05, 0) is 31.0 Å². The van der Waals surface area contributed by atoms with Crippen molar-refractivity contribution in [2.75, 3.05) is 6.54 Å². The third-order valence-corrected chi connectivity index (χ3v) is 3.19. The van der Waals surface area contributed by atoms with Crippen LogP contribution in [0.1, 0.15) is 28.3 Å². The highest BCUT2D eigenvalue weighted by atomic mass is 19.1. The molecule has 3 rings (SSSR count). The first-order chi connectivity index (χ1) is 10.6. The first-order valence-electron chi connectivity index (χ1n) is 6.80. The first-order valence-corrected chi connectivity index (χ1v) is 6.80. The minimum atomic E-state index is -0.661. The summed E-state index contributed by atoms with van der Waals surface area (Å²) in [6.45, 7) is 2.25. The molecule has 0 fully saturated rings. The number of pyridine rings is 1. The zero-order valence-corrected chi connectivity index (χ0v) is 11.9. The summed E-state index contributed by atoms with van der Waals surface area (Å²) in [4.78, 5) is 16.0. The summed E-state index contributed by atoms with van der Waals surface area (Å²) in [5.41, 5.74) is 1.16. The van der Waals surface area contributed by atoms with E-state index in [4.69, 9.17) is 0 Å². The molecule has 3 aromatic heterocycles. The topological polar surface area (TPSA) is 101 Å². The average molecular weight is 303 g/mol. The van der Waals surface area contributed by atoms with Gasteiger partial charge in [0.25, 0.3) is 5.91 Å². The van der Waals surface area contributed by atoms with Gasteiger partial charge in [0.15, 0.2) is 11.5 Å². The van der Waals surface area contributed by atoms with Crippen LogP contribution in [0.15, 0.2) is 18.3 Å². The fourth-order valence-corrected chi connectivity index (χ4v) is 2.08. The minimum absolute atomic E-state index is 0.204. The maximum atomic E-state index is 14.2. The zero-order valence-electron chi connectivity index (χ0n) is 11.9. The van der Waals surface area contributed by atoms with Crippen LogP contribution >= 0.6 is 0 Å². The number of carbonyl (C=O) groups is 1. The van der Waals surface area contributed by atoms with Gasteiger partial charge in [-0.2, -0.15) is 9.60 Å². The van der Waals surface area contributed by atoms with Crippen LogP contribution in [0.5, 0.6) is 0 Å². The number of aromatic amines is 1. The van der Waals surface area contributed by atoms with Crippen molar-refractivity contribution in [3.8, 4) is 0 Å². The van der Waals surface area contributed by atoms with Crippen molar-refractivity contribution in [3.05, 3.63) is 41.4 Å². The molecule has 3 heterocycles. The van der Waals surface area contributed by atoms with Crippen LogP contribution in [0, 0.1) is 12.9 Å². The van der Waals surface area contributed by atoms with Gasteiger partial charge in [-0.3, -0.25) is 9.20 Å². The highest BCUT2D eigenvalue weighted by Crippen LogP contribution is 2.12. The Morgan fingerprint density at radius 2 is 2.36 bits per heavy atom. The van der Waals surface area contributed by atoms with E-state index >= 15 is 0 Å². The van der Waals surface area contributed by atoms with E-state index in [0.29, 0.717) is 30.9 Å². The molecule has 0 aliphatic heterocycles. The lowest BCUT2D eigenvalue weighted by Crippen LogP contribution is -2.26. The zero-order chi connectivity index (χ0) is 15.5. The summed E-state index contributed by atoms with van der Waals surface area (Å²) < 4.78 is 15.4. The minimum Gasteiger partial charge on any atom is -0.351 e. The molecule has 8 nitrogen and oxygen atoms in total. The number of amides is 1. The van der Waals surface area contributed by atoms with Crippen LogP contribution < -0.4 is 5.32 Å². The predicted molar refractivity (Wildman–Crippen MR) is 74.7 cm³/mol. The number of aryl methyl sites for hydroxylation is 2. The summed E-state index contributed by atoms with van der Waals surface area (Å²) >= 11 is 0. The van der Waals surface area contributed by atoms with Crippen molar-refractivity contribution in [2.24, 2.45) is 0 Å². The van der Waals surface area contributed by atoms with E-state index in [0.717, 1.165) is 5.56 Å². The number of nitrogens with zero attached hydrogens (tertiary/aromatic N) is 5. The van der Waals surface area contributed by atoms with Crippen molar-refractivity contribution in [3.63, 3.8) is 0 Å². The Bertz CT molecular complexity index is 796. The average Bonchev–Trinajstić information content (AvgIpc) is 3.11. The number of halogens is 1. The molecular formula is C13H14FN7O. The van der Waals surface area contributed by atoms with E-state index in [2.05, 4.69) is 30.9 Å². The molecule has 0 saturated carbocycles. The summed E-state index contributed by atoms with van der Waals surface area (Å²) in [5, 5.41) is 16.0. The van der Waals surface area contributed by atoms with Crippen LogP contribution in [0.4, 0.5) is 4.39 Å². The van der Waals surface area contributed by atoms with E-state index in [1.165, 1.54) is 4.40 Å². The number of fused-ring (bicyclic) bond motifs is 1. The van der Waals surface area contributed by atoms with Crippen molar-refractivity contribution >= 4 is 11.6 Å². The van der Waals surface area contributed by atoms with E-state index in [9.17, 15) is 9.18 Å². The molecule has 0 aromatic carbocycles. The first kappa shape index (κ1) is 14.1. The van der Waals surface area contributed by atoms with E-state index < -0.39 is 11.9 Å². The summed E-state index contributed by atoms with van der Waals surface area (Å²) in [5.74, 6) is -0.624. The normalized spacial score (nSPS) is 11.0. The van der Waals surface area contributed by atoms with Gasteiger partial charge < -0.3 is 5.32 Å². The van der Waals surface area contributed by atoms with Gasteiger partial charge in [0.1, 0.15) is 5.65 Å². The molecule has 0 unspecified atom stereocenters. The predicted octanol–water partition coefficient (Wildman–Crippen LogP) is 0.658. The van der Waals surface area contributed by atoms with Crippen LogP contribution in [-0.2, 0) is 6.42 Å². The number of hydrogen-bond acceptors (Lipinski definition) is 5. The largest absolute Gasteiger partial charge is 0.351 e. The monoisotopic (exact) mass is 303 g/mol. The van der Waals surface area contributed by atoms with Crippen LogP contribution in [0.25, 0.3) is 5.65 Å². The molecule has 0 radical (unpaired) electrons. The summed E-state index contributed by atoms with van der Waals surface area (Å²) in [7, 11) is 0. The number of rotatable bonds is 5. The lowest BCUT2D eigenvalue weighted by atomic mass is 10.3. The number of tetrazole rings is 1. The number of hydrogen-bond donors (Lipinski definition) is 2. The third kappa shape index (κ3) is 2.78. The Kier molecular flexibility index (Phi) is 3.77. The molecule has 22 heavy (non-hydrogen) atoms.